The molecular formula is C24H30ClFN2O2. The van der Waals surface area contributed by atoms with Gasteiger partial charge in [0.2, 0.25) is 0 Å². The van der Waals surface area contributed by atoms with Crippen molar-refractivity contribution in [2.24, 2.45) is 0 Å². The Morgan fingerprint density at radius 3 is 2.60 bits per heavy atom. The Morgan fingerprint density at radius 2 is 1.90 bits per heavy atom. The van der Waals surface area contributed by atoms with Gasteiger partial charge in [-0.25, -0.2) is 4.39 Å². The van der Waals surface area contributed by atoms with Gasteiger partial charge in [-0.2, -0.15) is 0 Å². The van der Waals surface area contributed by atoms with E-state index < -0.39 is 0 Å². The lowest BCUT2D eigenvalue weighted by atomic mass is 10.1. The summed E-state index contributed by atoms with van der Waals surface area (Å²) in [6.07, 6.45) is 3.57. The van der Waals surface area contributed by atoms with E-state index in [0.717, 1.165) is 57.7 Å². The van der Waals surface area contributed by atoms with Crippen LogP contribution in [0, 0.1) is 5.82 Å². The normalized spacial score (nSPS) is 15.5. The van der Waals surface area contributed by atoms with Gasteiger partial charge in [0.25, 0.3) is 0 Å². The molecule has 0 unspecified atom stereocenters. The van der Waals surface area contributed by atoms with Gasteiger partial charge in [0.1, 0.15) is 17.7 Å². The minimum atomic E-state index is -0.314. The molecule has 1 aliphatic heterocycles. The molecule has 2 aromatic rings. The van der Waals surface area contributed by atoms with Crippen LogP contribution in [0.15, 0.2) is 48.5 Å². The van der Waals surface area contributed by atoms with Gasteiger partial charge in [-0.1, -0.05) is 17.7 Å². The van der Waals surface area contributed by atoms with Gasteiger partial charge < -0.3 is 14.5 Å². The van der Waals surface area contributed by atoms with Crippen LogP contribution in [0.2, 0.25) is 5.02 Å². The third kappa shape index (κ3) is 7.38. The van der Waals surface area contributed by atoms with E-state index in [-0.39, 0.29) is 17.7 Å². The number of likely N-dealkylation sites (N-methyl/N-ethyl adjacent to an activating group) is 1. The van der Waals surface area contributed by atoms with Crippen molar-refractivity contribution in [3.63, 3.8) is 0 Å². The molecule has 0 aromatic heterocycles. The number of ketones is 1. The first-order valence-electron chi connectivity index (χ1n) is 10.6. The largest absolute Gasteiger partial charge is 0.490 e. The number of piperidine rings is 1. The summed E-state index contributed by atoms with van der Waals surface area (Å²) in [7, 11) is 2.09. The highest BCUT2D eigenvalue weighted by Crippen LogP contribution is 2.22. The van der Waals surface area contributed by atoms with Crippen LogP contribution in [0.4, 0.5) is 4.39 Å². The number of nitrogens with zero attached hydrogens (tertiary/aromatic N) is 2. The number of Topliss-reactive ketones (excluding diaryl/α,β-unsaturated/α-hetero) is 1. The Morgan fingerprint density at radius 1 is 1.17 bits per heavy atom. The molecule has 0 N–H and O–H groups in total. The number of likely N-dealkylation sites (tertiary alicyclic amines) is 1. The second-order valence-electron chi connectivity index (χ2n) is 7.95. The Hall–Kier alpha value is -1.95. The van der Waals surface area contributed by atoms with E-state index in [2.05, 4.69) is 16.8 Å². The average Bonchev–Trinajstić information content (AvgIpc) is 2.74. The van der Waals surface area contributed by atoms with E-state index in [0.29, 0.717) is 17.0 Å². The lowest BCUT2D eigenvalue weighted by molar-refractivity contribution is 0.0938. The van der Waals surface area contributed by atoms with Crippen molar-refractivity contribution < 1.29 is 13.9 Å². The third-order valence-electron chi connectivity index (χ3n) is 5.54. The molecule has 1 heterocycles. The van der Waals surface area contributed by atoms with Gasteiger partial charge in [-0.15, -0.1) is 0 Å². The fourth-order valence-corrected chi connectivity index (χ4v) is 3.88. The quantitative estimate of drug-likeness (QED) is 0.499. The summed E-state index contributed by atoms with van der Waals surface area (Å²) in [6.45, 7) is 4.93. The number of ether oxygens (including phenoxy) is 1. The topological polar surface area (TPSA) is 32.8 Å². The molecule has 1 saturated heterocycles. The van der Waals surface area contributed by atoms with Crippen LogP contribution < -0.4 is 4.74 Å². The van der Waals surface area contributed by atoms with Crippen molar-refractivity contribution in [3.8, 4) is 5.75 Å². The Kier molecular flexibility index (Phi) is 8.67. The summed E-state index contributed by atoms with van der Waals surface area (Å²) in [5.74, 6) is 0.604. The number of benzene rings is 2. The van der Waals surface area contributed by atoms with Crippen molar-refractivity contribution >= 4 is 17.4 Å². The molecule has 0 atom stereocenters. The van der Waals surface area contributed by atoms with Gasteiger partial charge >= 0.3 is 0 Å². The summed E-state index contributed by atoms with van der Waals surface area (Å²) in [6, 6.07) is 13.4. The summed E-state index contributed by atoms with van der Waals surface area (Å²) >= 11 is 6.02. The van der Waals surface area contributed by atoms with Gasteiger partial charge in [-0.3, -0.25) is 4.79 Å². The third-order valence-corrected chi connectivity index (χ3v) is 5.78. The first-order chi connectivity index (χ1) is 14.5. The van der Waals surface area contributed by atoms with Crippen LogP contribution in [0.25, 0.3) is 0 Å². The molecule has 1 aliphatic rings. The van der Waals surface area contributed by atoms with Crippen molar-refractivity contribution in [3.05, 3.63) is 64.9 Å². The molecule has 0 saturated carbocycles. The molecule has 3 rings (SSSR count). The molecule has 1 fully saturated rings. The molecular weight excluding hydrogens is 403 g/mol. The van der Waals surface area contributed by atoms with E-state index in [1.165, 1.54) is 12.1 Å². The zero-order valence-electron chi connectivity index (χ0n) is 17.5. The summed E-state index contributed by atoms with van der Waals surface area (Å²) < 4.78 is 19.0. The maximum absolute atomic E-state index is 12.9. The monoisotopic (exact) mass is 432 g/mol. The highest BCUT2D eigenvalue weighted by atomic mass is 35.5. The van der Waals surface area contributed by atoms with E-state index in [1.807, 2.05) is 24.3 Å². The summed E-state index contributed by atoms with van der Waals surface area (Å²) in [5.41, 5.74) is 0.585. The first kappa shape index (κ1) is 22.7. The van der Waals surface area contributed by atoms with Crippen molar-refractivity contribution in [1.29, 1.82) is 0 Å². The number of carbonyl (C=O) groups is 1. The molecule has 30 heavy (non-hydrogen) atoms. The lowest BCUT2D eigenvalue weighted by Crippen LogP contribution is -2.41. The number of rotatable bonds is 10. The van der Waals surface area contributed by atoms with E-state index in [4.69, 9.17) is 16.3 Å². The number of halogens is 2. The maximum atomic E-state index is 12.9. The molecule has 0 amide bonds. The van der Waals surface area contributed by atoms with Crippen LogP contribution in [0.1, 0.15) is 36.0 Å². The number of hydrogen-bond acceptors (Lipinski definition) is 4. The molecule has 0 spiro atoms. The first-order valence-corrected chi connectivity index (χ1v) is 11.0. The lowest BCUT2D eigenvalue weighted by Gasteiger charge is -2.33. The highest BCUT2D eigenvalue weighted by molar-refractivity contribution is 6.30. The van der Waals surface area contributed by atoms with E-state index in [1.54, 1.807) is 12.1 Å². The maximum Gasteiger partial charge on any atom is 0.162 e. The van der Waals surface area contributed by atoms with Crippen LogP contribution >= 0.6 is 11.6 Å². The van der Waals surface area contributed by atoms with Crippen molar-refractivity contribution in [2.75, 3.05) is 39.8 Å². The number of hydrogen-bond donors (Lipinski definition) is 0. The van der Waals surface area contributed by atoms with E-state index in [9.17, 15) is 9.18 Å². The average molecular weight is 433 g/mol. The van der Waals surface area contributed by atoms with Gasteiger partial charge in [0.15, 0.2) is 5.78 Å². The molecule has 2 aromatic carbocycles. The van der Waals surface area contributed by atoms with E-state index >= 15 is 0 Å². The minimum Gasteiger partial charge on any atom is -0.490 e. The fourth-order valence-electron chi connectivity index (χ4n) is 3.70. The standard InChI is InChI=1S/C24H30ClFN2O2/c1-27(13-3-6-24(29)19-7-9-21(26)10-8-19)16-17-28-14-11-22(12-15-28)30-23-5-2-4-20(25)18-23/h2,4-5,7-10,18,22H,3,6,11-17H2,1H3. The Balaban J connectivity index is 1.28. The van der Waals surface area contributed by atoms with Crippen LogP contribution in [0.5, 0.6) is 5.75 Å². The highest BCUT2D eigenvalue weighted by Gasteiger charge is 2.20. The predicted molar refractivity (Wildman–Crippen MR) is 119 cm³/mol. The molecule has 0 aliphatic carbocycles. The SMILES string of the molecule is CN(CCCC(=O)c1ccc(F)cc1)CCN1CCC(Oc2cccc(Cl)c2)CC1. The zero-order valence-corrected chi connectivity index (χ0v) is 18.3. The second kappa shape index (κ2) is 11.4. The smallest absolute Gasteiger partial charge is 0.162 e. The molecule has 0 bridgehead atoms. The Labute approximate surface area is 183 Å². The van der Waals surface area contributed by atoms with Crippen LogP contribution in [0.3, 0.4) is 0 Å². The second-order valence-corrected chi connectivity index (χ2v) is 8.39. The fraction of sp³-hybridized carbons (Fsp3) is 0.458. The van der Waals surface area contributed by atoms with Crippen LogP contribution in [-0.2, 0) is 0 Å². The Bertz CT molecular complexity index is 807. The van der Waals surface area contributed by atoms with Gasteiger partial charge in [0, 0.05) is 43.2 Å². The van der Waals surface area contributed by atoms with Crippen molar-refractivity contribution in [2.45, 2.75) is 31.8 Å². The summed E-state index contributed by atoms with van der Waals surface area (Å²) in [5, 5.41) is 0.701. The van der Waals surface area contributed by atoms with Gasteiger partial charge in [0.05, 0.1) is 0 Å². The molecule has 6 heteroatoms. The molecule has 0 radical (unpaired) electrons. The number of carbonyl (C=O) groups excluding carboxylic acids is 1. The molecule has 162 valence electrons. The van der Waals surface area contributed by atoms with Crippen molar-refractivity contribution in [1.82, 2.24) is 9.80 Å². The zero-order chi connectivity index (χ0) is 21.3. The summed E-state index contributed by atoms with van der Waals surface area (Å²) in [4.78, 5) is 16.9. The van der Waals surface area contributed by atoms with Gasteiger partial charge in [-0.05, 0) is 75.3 Å². The minimum absolute atomic E-state index is 0.0742. The molecule has 4 nitrogen and oxygen atoms in total. The van der Waals surface area contributed by atoms with Crippen LogP contribution in [-0.4, -0.2) is 61.5 Å². The predicted octanol–water partition coefficient (Wildman–Crippen LogP) is 4.92.